The highest BCUT2D eigenvalue weighted by Gasteiger charge is 2.19. The lowest BCUT2D eigenvalue weighted by molar-refractivity contribution is 0.179. The van der Waals surface area contributed by atoms with Crippen LogP contribution in [0.15, 0.2) is 47.5 Å². The predicted molar refractivity (Wildman–Crippen MR) is 110 cm³/mol. The Balaban J connectivity index is 1.78. The molecule has 138 valence electrons. The van der Waals surface area contributed by atoms with E-state index in [4.69, 9.17) is 15.9 Å². The van der Waals surface area contributed by atoms with Crippen molar-refractivity contribution in [3.05, 3.63) is 53.6 Å². The van der Waals surface area contributed by atoms with Crippen molar-refractivity contribution in [2.45, 2.75) is 12.7 Å². The van der Waals surface area contributed by atoms with Gasteiger partial charge in [0.25, 0.3) is 0 Å². The average Bonchev–Trinajstić information content (AvgIpc) is 2.70. The van der Waals surface area contributed by atoms with Gasteiger partial charge < -0.3 is 9.47 Å². The first-order chi connectivity index (χ1) is 13.1. The van der Waals surface area contributed by atoms with Gasteiger partial charge in [-0.15, -0.1) is 18.2 Å². The molecule has 2 aromatic rings. The van der Waals surface area contributed by atoms with Crippen molar-refractivity contribution < 1.29 is 14.3 Å². The number of thioether (sulfide) groups is 1. The van der Waals surface area contributed by atoms with Crippen LogP contribution in [0.3, 0.4) is 0 Å². The molecule has 0 aromatic heterocycles. The van der Waals surface area contributed by atoms with Gasteiger partial charge in [0, 0.05) is 5.75 Å². The van der Waals surface area contributed by atoms with E-state index in [0.717, 1.165) is 33.3 Å². The van der Waals surface area contributed by atoms with Gasteiger partial charge in [0.15, 0.2) is 0 Å². The SMILES string of the molecule is C#CCN(C(=O)OC)c1ccccc1CSC1=Nc2ccc(C)cc2OC1. The van der Waals surface area contributed by atoms with Crippen LogP contribution in [-0.4, -0.2) is 31.4 Å². The maximum Gasteiger partial charge on any atom is 0.414 e. The van der Waals surface area contributed by atoms with E-state index in [1.807, 2.05) is 49.4 Å². The molecule has 27 heavy (non-hydrogen) atoms. The third-order valence-corrected chi connectivity index (χ3v) is 5.03. The smallest absolute Gasteiger partial charge is 0.414 e. The summed E-state index contributed by atoms with van der Waals surface area (Å²) in [4.78, 5) is 18.2. The van der Waals surface area contributed by atoms with Crippen molar-refractivity contribution in [2.75, 3.05) is 25.2 Å². The number of fused-ring (bicyclic) bond motifs is 1. The van der Waals surface area contributed by atoms with Gasteiger partial charge in [0.1, 0.15) is 23.1 Å². The standard InChI is InChI=1S/C21H20N2O3S/c1-4-11-23(21(24)25-3)18-8-6-5-7-16(18)14-27-20-13-26-19-12-15(2)9-10-17(19)22-20/h1,5-10,12H,11,13-14H2,2-3H3. The molecule has 0 saturated carbocycles. The first-order valence-electron chi connectivity index (χ1n) is 8.43. The number of anilines is 1. The van der Waals surface area contributed by atoms with Gasteiger partial charge in [0.05, 0.1) is 19.3 Å². The molecule has 0 fully saturated rings. The Morgan fingerprint density at radius 3 is 2.96 bits per heavy atom. The second-order valence-corrected chi connectivity index (χ2v) is 6.99. The Labute approximate surface area is 163 Å². The molecule has 1 aliphatic heterocycles. The van der Waals surface area contributed by atoms with Gasteiger partial charge in [-0.2, -0.15) is 0 Å². The lowest BCUT2D eigenvalue weighted by atomic mass is 10.2. The second-order valence-electron chi connectivity index (χ2n) is 5.94. The number of methoxy groups -OCH3 is 1. The minimum atomic E-state index is -0.479. The number of amides is 1. The van der Waals surface area contributed by atoms with E-state index in [1.54, 1.807) is 11.8 Å². The summed E-state index contributed by atoms with van der Waals surface area (Å²) in [6.45, 7) is 2.61. The monoisotopic (exact) mass is 380 g/mol. The van der Waals surface area contributed by atoms with E-state index in [1.165, 1.54) is 12.0 Å². The summed E-state index contributed by atoms with van der Waals surface area (Å²) in [5.74, 6) is 3.95. The summed E-state index contributed by atoms with van der Waals surface area (Å²) in [6, 6.07) is 13.6. The number of terminal acetylenes is 1. The fourth-order valence-corrected chi connectivity index (χ4v) is 3.59. The van der Waals surface area contributed by atoms with Crippen molar-refractivity contribution >= 4 is 34.3 Å². The van der Waals surface area contributed by atoms with Gasteiger partial charge in [-0.25, -0.2) is 9.79 Å². The molecule has 0 unspecified atom stereocenters. The van der Waals surface area contributed by atoms with Gasteiger partial charge in [-0.05, 0) is 36.2 Å². The molecule has 3 rings (SSSR count). The predicted octanol–water partition coefficient (Wildman–Crippen LogP) is 4.56. The molecule has 2 aromatic carbocycles. The molecule has 5 nitrogen and oxygen atoms in total. The number of aryl methyl sites for hydroxylation is 1. The van der Waals surface area contributed by atoms with Gasteiger partial charge in [-0.3, -0.25) is 4.90 Å². The molecule has 0 atom stereocenters. The quantitative estimate of drug-likeness (QED) is 0.730. The average molecular weight is 380 g/mol. The largest absolute Gasteiger partial charge is 0.484 e. The lowest BCUT2D eigenvalue weighted by Crippen LogP contribution is -2.31. The molecule has 1 aliphatic rings. The maximum absolute atomic E-state index is 12.1. The first-order valence-corrected chi connectivity index (χ1v) is 9.41. The summed E-state index contributed by atoms with van der Waals surface area (Å²) < 4.78 is 10.7. The van der Waals surface area contributed by atoms with Crippen LogP contribution in [0.25, 0.3) is 0 Å². The Kier molecular flexibility index (Phi) is 6.05. The number of para-hydroxylation sites is 1. The van der Waals surface area contributed by atoms with Crippen molar-refractivity contribution in [3.63, 3.8) is 0 Å². The van der Waals surface area contributed by atoms with Crippen LogP contribution in [-0.2, 0) is 10.5 Å². The zero-order valence-corrected chi connectivity index (χ0v) is 16.1. The van der Waals surface area contributed by atoms with Gasteiger partial charge in [0.2, 0.25) is 0 Å². The number of aliphatic imine (C=N–C) groups is 1. The highest BCUT2D eigenvalue weighted by atomic mass is 32.2. The first kappa shape index (κ1) is 18.9. The summed E-state index contributed by atoms with van der Waals surface area (Å²) in [6.07, 6.45) is 4.94. The molecular formula is C21H20N2O3S. The number of hydrogen-bond donors (Lipinski definition) is 0. The van der Waals surface area contributed by atoms with Crippen molar-refractivity contribution in [1.29, 1.82) is 0 Å². The number of hydrogen-bond acceptors (Lipinski definition) is 5. The van der Waals surface area contributed by atoms with E-state index in [-0.39, 0.29) is 6.54 Å². The zero-order chi connectivity index (χ0) is 19.2. The van der Waals surface area contributed by atoms with E-state index >= 15 is 0 Å². The van der Waals surface area contributed by atoms with Crippen molar-refractivity contribution in [1.82, 2.24) is 0 Å². The molecule has 0 N–H and O–H groups in total. The van der Waals surface area contributed by atoms with E-state index in [9.17, 15) is 4.79 Å². The van der Waals surface area contributed by atoms with Crippen LogP contribution in [0.5, 0.6) is 5.75 Å². The maximum atomic E-state index is 12.1. The molecule has 0 spiro atoms. The summed E-state index contributed by atoms with van der Waals surface area (Å²) >= 11 is 1.58. The fraction of sp³-hybridized carbons (Fsp3) is 0.238. The molecular weight excluding hydrogens is 360 g/mol. The number of nitrogens with zero attached hydrogens (tertiary/aromatic N) is 2. The minimum Gasteiger partial charge on any atom is -0.484 e. The highest BCUT2D eigenvalue weighted by Crippen LogP contribution is 2.34. The summed E-state index contributed by atoms with van der Waals surface area (Å²) in [5.41, 5.74) is 3.69. The van der Waals surface area contributed by atoms with E-state index in [0.29, 0.717) is 12.4 Å². The van der Waals surface area contributed by atoms with E-state index < -0.39 is 6.09 Å². The van der Waals surface area contributed by atoms with Gasteiger partial charge in [-0.1, -0.05) is 30.2 Å². The lowest BCUT2D eigenvalue weighted by Gasteiger charge is -2.22. The van der Waals surface area contributed by atoms with Crippen LogP contribution in [0.2, 0.25) is 0 Å². The minimum absolute atomic E-state index is 0.144. The molecule has 0 bridgehead atoms. The summed E-state index contributed by atoms with van der Waals surface area (Å²) in [7, 11) is 1.34. The summed E-state index contributed by atoms with van der Waals surface area (Å²) in [5, 5.41) is 0.891. The Morgan fingerprint density at radius 2 is 2.19 bits per heavy atom. The molecule has 0 aliphatic carbocycles. The molecule has 0 saturated heterocycles. The topological polar surface area (TPSA) is 51.1 Å². The molecule has 1 heterocycles. The second kappa shape index (κ2) is 8.65. The third-order valence-electron chi connectivity index (χ3n) is 4.03. The van der Waals surface area contributed by atoms with Crippen LogP contribution < -0.4 is 9.64 Å². The van der Waals surface area contributed by atoms with Crippen LogP contribution in [0.1, 0.15) is 11.1 Å². The highest BCUT2D eigenvalue weighted by molar-refractivity contribution is 8.13. The number of benzene rings is 2. The van der Waals surface area contributed by atoms with Gasteiger partial charge >= 0.3 is 6.09 Å². The Hall–Kier alpha value is -2.91. The fourth-order valence-electron chi connectivity index (χ4n) is 2.72. The van der Waals surface area contributed by atoms with Crippen molar-refractivity contribution in [3.8, 4) is 18.1 Å². The molecule has 6 heteroatoms. The molecule has 1 amide bonds. The number of rotatable bonds is 4. The van der Waals surface area contributed by atoms with E-state index in [2.05, 4.69) is 10.9 Å². The molecule has 0 radical (unpaired) electrons. The normalized spacial score (nSPS) is 12.3. The van der Waals surface area contributed by atoms with Crippen LogP contribution in [0.4, 0.5) is 16.2 Å². The van der Waals surface area contributed by atoms with Crippen LogP contribution in [0, 0.1) is 19.3 Å². The Bertz CT molecular complexity index is 918. The van der Waals surface area contributed by atoms with Crippen LogP contribution >= 0.6 is 11.8 Å². The number of ether oxygens (including phenoxy) is 2. The van der Waals surface area contributed by atoms with Crippen molar-refractivity contribution in [2.24, 2.45) is 4.99 Å². The third kappa shape index (κ3) is 4.44. The number of carbonyl (C=O) groups is 1. The Morgan fingerprint density at radius 1 is 1.37 bits per heavy atom. The zero-order valence-electron chi connectivity index (χ0n) is 15.3. The number of carbonyl (C=O) groups excluding carboxylic acids is 1.